The van der Waals surface area contributed by atoms with Gasteiger partial charge < -0.3 is 80.5 Å². The van der Waals surface area contributed by atoms with Crippen molar-refractivity contribution in [3.63, 3.8) is 0 Å². The van der Waals surface area contributed by atoms with Gasteiger partial charge in [-0.1, -0.05) is 107 Å². The molecule has 2 aromatic carbocycles. The molecule has 0 N–H and O–H groups in total. The fourth-order valence-electron chi connectivity index (χ4n) is 7.83. The fourth-order valence-corrected chi connectivity index (χ4v) is 7.83. The Bertz CT molecular complexity index is 1670. The van der Waals surface area contributed by atoms with Crippen LogP contribution in [0.1, 0.15) is 98.1 Å². The van der Waals surface area contributed by atoms with E-state index in [1.165, 1.54) is 0 Å². The fraction of sp³-hybridized carbons (Fsp3) is 0.763. The molecule has 8 unspecified atom stereocenters. The Morgan fingerprint density at radius 1 is 0.447 bits per heavy atom. The van der Waals surface area contributed by atoms with Crippen LogP contribution < -0.4 is 0 Å². The molecule has 0 amide bonds. The summed E-state index contributed by atoms with van der Waals surface area (Å²) in [4.78, 5) is 0. The zero-order valence-electron chi connectivity index (χ0n) is 47.4. The van der Waals surface area contributed by atoms with E-state index in [1.807, 2.05) is 88.4 Å². The summed E-state index contributed by atoms with van der Waals surface area (Å²) >= 11 is 0. The van der Waals surface area contributed by atoms with Gasteiger partial charge in [-0.25, -0.2) is 0 Å². The maximum atomic E-state index is 6.69. The molecule has 2 heterocycles. The van der Waals surface area contributed by atoms with Crippen molar-refractivity contribution in [2.24, 2.45) is 0 Å². The molecule has 17 nitrogen and oxygen atoms in total. The number of benzene rings is 2. The quantitative estimate of drug-likeness (QED) is 0.0457. The van der Waals surface area contributed by atoms with Crippen LogP contribution in [0.15, 0.2) is 73.3 Å². The highest BCUT2D eigenvalue weighted by Crippen LogP contribution is 2.23. The number of hydrogen-bond acceptors (Lipinski definition) is 17. The molecule has 2 aliphatic rings. The van der Waals surface area contributed by atoms with Gasteiger partial charge in [0.25, 0.3) is 0 Å². The third-order valence-corrected chi connectivity index (χ3v) is 12.0. The van der Waals surface area contributed by atoms with E-state index in [-0.39, 0.29) is 76.8 Å². The van der Waals surface area contributed by atoms with Crippen LogP contribution in [-0.2, 0) is 93.7 Å². The third-order valence-electron chi connectivity index (χ3n) is 12.0. The van der Waals surface area contributed by atoms with Crippen LogP contribution in [0.25, 0.3) is 0 Å². The van der Waals surface area contributed by atoms with Crippen LogP contribution in [0.4, 0.5) is 0 Å². The molecule has 0 radical (unpaired) electrons. The topological polar surface area (TPSA) is 157 Å². The van der Waals surface area contributed by atoms with Crippen LogP contribution in [0.5, 0.6) is 0 Å². The number of hydrogen-bond donors (Lipinski definition) is 0. The molecule has 17 heteroatoms. The summed E-state index contributed by atoms with van der Waals surface area (Å²) in [5.41, 5.74) is 2.08. The first kappa shape index (κ1) is 66.0. The van der Waals surface area contributed by atoms with E-state index >= 15 is 0 Å². The van der Waals surface area contributed by atoms with E-state index in [4.69, 9.17) is 80.5 Å². The number of ether oxygens (including phenoxy) is 17. The Kier molecular flexibility index (Phi) is 35.3. The summed E-state index contributed by atoms with van der Waals surface area (Å²) in [6, 6.07) is 20.1. The molecule has 436 valence electrons. The maximum Gasteiger partial charge on any atom is 0.163 e. The second-order valence-electron chi connectivity index (χ2n) is 20.3. The van der Waals surface area contributed by atoms with Crippen LogP contribution >= 0.6 is 0 Å². The Morgan fingerprint density at radius 3 is 1.12 bits per heavy atom. The molecule has 2 aromatic rings. The van der Waals surface area contributed by atoms with E-state index in [1.54, 1.807) is 6.08 Å². The molecular formula is C59H98O17. The molecule has 0 aliphatic carbocycles. The average Bonchev–Trinajstić information content (AvgIpc) is 3.96. The van der Waals surface area contributed by atoms with Crippen molar-refractivity contribution < 1.29 is 80.5 Å². The SMILES string of the molecule is C=CCOCC(COCC(COCC(COCC(COCC1COC(C)(C)O1)OCCCC)OCC(COCC(COCC1COC(C)(C)O1)OCCCC)OCc1ccccc1)OCc1ccccc1)OCCCC. The van der Waals surface area contributed by atoms with Crippen molar-refractivity contribution in [3.05, 3.63) is 84.4 Å². The molecule has 0 bridgehead atoms. The monoisotopic (exact) mass is 1080 g/mol. The molecule has 0 saturated carbocycles. The van der Waals surface area contributed by atoms with Gasteiger partial charge in [0.05, 0.1) is 126 Å². The van der Waals surface area contributed by atoms with E-state index in [2.05, 4.69) is 27.4 Å². The van der Waals surface area contributed by atoms with Crippen LogP contribution in [0.2, 0.25) is 0 Å². The van der Waals surface area contributed by atoms with Gasteiger partial charge in [-0.2, -0.15) is 0 Å². The summed E-state index contributed by atoms with van der Waals surface area (Å²) in [5, 5.41) is 0. The molecule has 2 saturated heterocycles. The lowest BCUT2D eigenvalue weighted by Crippen LogP contribution is -2.37. The van der Waals surface area contributed by atoms with Gasteiger partial charge in [-0.15, -0.1) is 6.58 Å². The van der Waals surface area contributed by atoms with Gasteiger partial charge in [-0.05, 0) is 58.1 Å². The Hall–Kier alpha value is -2.50. The number of unbranched alkanes of at least 4 members (excludes halogenated alkanes) is 3. The second-order valence-corrected chi connectivity index (χ2v) is 20.3. The van der Waals surface area contributed by atoms with Gasteiger partial charge in [-0.3, -0.25) is 0 Å². The lowest BCUT2D eigenvalue weighted by Gasteiger charge is -2.26. The summed E-state index contributed by atoms with van der Waals surface area (Å²) in [7, 11) is 0. The van der Waals surface area contributed by atoms with E-state index in [9.17, 15) is 0 Å². The minimum Gasteiger partial charge on any atom is -0.376 e. The Morgan fingerprint density at radius 2 is 0.776 bits per heavy atom. The Labute approximate surface area is 456 Å². The molecule has 76 heavy (non-hydrogen) atoms. The lowest BCUT2D eigenvalue weighted by molar-refractivity contribution is -0.151. The lowest BCUT2D eigenvalue weighted by atomic mass is 10.2. The van der Waals surface area contributed by atoms with Gasteiger partial charge in [0.2, 0.25) is 0 Å². The summed E-state index contributed by atoms with van der Waals surface area (Å²) in [5.74, 6) is -1.25. The smallest absolute Gasteiger partial charge is 0.163 e. The van der Waals surface area contributed by atoms with E-state index < -0.39 is 29.9 Å². The first-order valence-electron chi connectivity index (χ1n) is 28.1. The molecule has 0 spiro atoms. The second kappa shape index (κ2) is 40.6. The molecule has 4 rings (SSSR count). The summed E-state index contributed by atoms with van der Waals surface area (Å²) < 4.78 is 105. The van der Waals surface area contributed by atoms with Crippen molar-refractivity contribution in [3.8, 4) is 0 Å². The van der Waals surface area contributed by atoms with Crippen molar-refractivity contribution in [1.82, 2.24) is 0 Å². The Balaban J connectivity index is 1.44. The summed E-state index contributed by atoms with van der Waals surface area (Å²) in [6.07, 6.45) is 5.09. The minimum atomic E-state index is -0.629. The minimum absolute atomic E-state index is 0.143. The predicted octanol–water partition coefficient (Wildman–Crippen LogP) is 8.70. The first-order valence-corrected chi connectivity index (χ1v) is 28.1. The van der Waals surface area contributed by atoms with Crippen molar-refractivity contribution in [2.75, 3.05) is 132 Å². The van der Waals surface area contributed by atoms with Crippen molar-refractivity contribution in [1.29, 1.82) is 0 Å². The van der Waals surface area contributed by atoms with Crippen molar-refractivity contribution in [2.45, 2.75) is 161 Å². The van der Waals surface area contributed by atoms with Crippen LogP contribution in [-0.4, -0.2) is 193 Å². The van der Waals surface area contributed by atoms with Crippen molar-refractivity contribution >= 4 is 0 Å². The highest BCUT2D eigenvalue weighted by atomic mass is 16.8. The van der Waals surface area contributed by atoms with Gasteiger partial charge in [0, 0.05) is 19.8 Å². The van der Waals surface area contributed by atoms with E-state index in [0.29, 0.717) is 99.1 Å². The number of rotatable bonds is 49. The zero-order chi connectivity index (χ0) is 54.4. The van der Waals surface area contributed by atoms with Crippen LogP contribution in [0, 0.1) is 0 Å². The van der Waals surface area contributed by atoms with Gasteiger partial charge in [0.1, 0.15) is 48.8 Å². The molecular weight excluding hydrogens is 981 g/mol. The largest absolute Gasteiger partial charge is 0.376 e. The third kappa shape index (κ3) is 31.3. The first-order chi connectivity index (χ1) is 37.0. The summed E-state index contributed by atoms with van der Waals surface area (Å²) in [6.45, 7) is 25.9. The highest BCUT2D eigenvalue weighted by molar-refractivity contribution is 5.14. The predicted molar refractivity (Wildman–Crippen MR) is 289 cm³/mol. The molecule has 2 fully saturated rings. The highest BCUT2D eigenvalue weighted by Gasteiger charge is 2.34. The van der Waals surface area contributed by atoms with E-state index in [0.717, 1.165) is 49.7 Å². The standard InChI is InChI=1S/C59H98O17/c1-9-13-27-67-50(32-60-26-12-4)33-61-38-53(70-30-48-22-18-16-19-23-48)39-64-41-54(40-62-34-51(68-28-14-10-2)36-65-43-56-46-73-58(5,6)75-56)72-45-55(71-31-49-24-20-17-21-25-49)42-63-35-52(69-29-15-11-3)37-66-44-57-47-74-59(7,8)76-57/h12,16-25,50-57H,4,9-11,13-15,26-47H2,1-3,5-8H3. The molecule has 0 aromatic heterocycles. The van der Waals surface area contributed by atoms with Gasteiger partial charge in [0.15, 0.2) is 11.6 Å². The zero-order valence-corrected chi connectivity index (χ0v) is 47.4. The normalized spacial score (nSPS) is 19.6. The molecule has 2 aliphatic heterocycles. The molecule has 8 atom stereocenters. The maximum absolute atomic E-state index is 6.69. The van der Waals surface area contributed by atoms with Gasteiger partial charge >= 0.3 is 0 Å². The van der Waals surface area contributed by atoms with Crippen LogP contribution in [0.3, 0.4) is 0 Å². The average molecular weight is 1080 g/mol.